The third-order valence-electron chi connectivity index (χ3n) is 4.28. The summed E-state index contributed by atoms with van der Waals surface area (Å²) in [6.07, 6.45) is 0.723. The average molecular weight is 379 g/mol. The average Bonchev–Trinajstić information content (AvgIpc) is 2.67. The van der Waals surface area contributed by atoms with Crippen LogP contribution in [0.1, 0.15) is 31.7 Å². The van der Waals surface area contributed by atoms with Crippen LogP contribution in [0.5, 0.6) is 0 Å². The highest BCUT2D eigenvalue weighted by Crippen LogP contribution is 2.28. The summed E-state index contributed by atoms with van der Waals surface area (Å²) in [6.45, 7) is 3.17. The summed E-state index contributed by atoms with van der Waals surface area (Å²) < 4.78 is 44.8. The van der Waals surface area contributed by atoms with Gasteiger partial charge in [-0.15, -0.1) is 0 Å². The molecule has 7 heteroatoms. The molecule has 0 radical (unpaired) electrons. The largest absolute Gasteiger partial charge is 0.455 e. The number of amides is 1. The van der Waals surface area contributed by atoms with Crippen molar-refractivity contribution in [3.05, 3.63) is 65.5 Å². The van der Waals surface area contributed by atoms with E-state index in [0.717, 1.165) is 18.1 Å². The first-order valence-corrected chi connectivity index (χ1v) is 8.50. The van der Waals surface area contributed by atoms with Crippen molar-refractivity contribution in [3.8, 4) is 0 Å². The second kappa shape index (κ2) is 9.21. The van der Waals surface area contributed by atoms with E-state index in [-0.39, 0.29) is 5.92 Å². The highest BCUT2D eigenvalue weighted by molar-refractivity contribution is 5.93. The number of carbonyl (C=O) groups is 2. The van der Waals surface area contributed by atoms with Crippen LogP contribution in [-0.2, 0) is 14.3 Å². The van der Waals surface area contributed by atoms with Gasteiger partial charge in [-0.25, -0.2) is 13.2 Å². The summed E-state index contributed by atoms with van der Waals surface area (Å²) in [6, 6.07) is 10.6. The molecular weight excluding hydrogens is 359 g/mol. The highest BCUT2D eigenvalue weighted by Gasteiger charge is 2.28. The van der Waals surface area contributed by atoms with E-state index in [1.165, 1.54) is 0 Å². The van der Waals surface area contributed by atoms with Crippen LogP contribution in [0.4, 0.5) is 18.9 Å². The molecule has 0 aliphatic rings. The number of anilines is 1. The van der Waals surface area contributed by atoms with Gasteiger partial charge >= 0.3 is 5.97 Å². The monoisotopic (exact) mass is 379 g/mol. The molecule has 2 rings (SSSR count). The summed E-state index contributed by atoms with van der Waals surface area (Å²) in [5, 5.41) is 2.06. The molecule has 1 N–H and O–H groups in total. The Bertz CT molecular complexity index is 812. The lowest BCUT2D eigenvalue weighted by Crippen LogP contribution is -2.27. The maximum absolute atomic E-state index is 13.6. The molecule has 2 aromatic carbocycles. The Morgan fingerprint density at radius 1 is 1.04 bits per heavy atom. The standard InChI is InChI=1S/C20H20F3NO3/c1-3-12(2)17(13-7-5-4-6-8-13)20(26)27-11-16(25)24-15-10-9-14(21)18(22)19(15)23/h4-10,12,17H,3,11H2,1-2H3,(H,24,25)/t12-,17+/m1/s1. The normalized spacial score (nSPS) is 12.9. The fourth-order valence-electron chi connectivity index (χ4n) is 2.63. The van der Waals surface area contributed by atoms with Gasteiger partial charge in [-0.05, 0) is 23.6 Å². The number of nitrogens with one attached hydrogen (secondary N) is 1. The first kappa shape index (κ1) is 20.5. The predicted molar refractivity (Wildman–Crippen MR) is 94.5 cm³/mol. The maximum atomic E-state index is 13.6. The molecule has 0 unspecified atom stereocenters. The number of rotatable bonds is 7. The highest BCUT2D eigenvalue weighted by atomic mass is 19.2. The van der Waals surface area contributed by atoms with Gasteiger partial charge in [0.25, 0.3) is 5.91 Å². The fraction of sp³-hybridized carbons (Fsp3) is 0.300. The van der Waals surface area contributed by atoms with Crippen molar-refractivity contribution < 1.29 is 27.5 Å². The SMILES string of the molecule is CC[C@@H](C)[C@H](C(=O)OCC(=O)Nc1ccc(F)c(F)c1F)c1ccccc1. The van der Waals surface area contributed by atoms with E-state index < -0.39 is 47.5 Å². The summed E-state index contributed by atoms with van der Waals surface area (Å²) in [5.41, 5.74) is 0.236. The third-order valence-corrected chi connectivity index (χ3v) is 4.28. The lowest BCUT2D eigenvalue weighted by atomic mass is 9.86. The molecule has 0 bridgehead atoms. The molecule has 1 amide bonds. The first-order valence-electron chi connectivity index (χ1n) is 8.50. The van der Waals surface area contributed by atoms with E-state index in [1.807, 2.05) is 19.9 Å². The molecule has 144 valence electrons. The number of halogens is 3. The second-order valence-electron chi connectivity index (χ2n) is 6.15. The molecule has 0 aliphatic carbocycles. The van der Waals surface area contributed by atoms with Gasteiger partial charge in [0.1, 0.15) is 0 Å². The van der Waals surface area contributed by atoms with Crippen LogP contribution in [0.25, 0.3) is 0 Å². The number of carbonyl (C=O) groups excluding carboxylic acids is 2. The van der Waals surface area contributed by atoms with Crippen molar-refractivity contribution in [1.82, 2.24) is 0 Å². The van der Waals surface area contributed by atoms with Gasteiger partial charge in [-0.3, -0.25) is 9.59 Å². The zero-order chi connectivity index (χ0) is 20.0. The van der Waals surface area contributed by atoms with Crippen molar-refractivity contribution in [2.24, 2.45) is 5.92 Å². The molecule has 0 aliphatic heterocycles. The summed E-state index contributed by atoms with van der Waals surface area (Å²) in [7, 11) is 0. The second-order valence-corrected chi connectivity index (χ2v) is 6.15. The van der Waals surface area contributed by atoms with Gasteiger partial charge in [0, 0.05) is 0 Å². The smallest absolute Gasteiger partial charge is 0.314 e. The Labute approximate surface area is 155 Å². The van der Waals surface area contributed by atoms with E-state index in [1.54, 1.807) is 24.3 Å². The quantitative estimate of drug-likeness (QED) is 0.573. The molecule has 4 nitrogen and oxygen atoms in total. The molecule has 2 atom stereocenters. The minimum Gasteiger partial charge on any atom is -0.455 e. The Kier molecular flexibility index (Phi) is 6.98. The molecule has 0 saturated carbocycles. The lowest BCUT2D eigenvalue weighted by Gasteiger charge is -2.21. The minimum absolute atomic E-state index is 0.0217. The zero-order valence-electron chi connectivity index (χ0n) is 15.0. The van der Waals surface area contributed by atoms with Crippen molar-refractivity contribution in [1.29, 1.82) is 0 Å². The Morgan fingerprint density at radius 2 is 1.70 bits per heavy atom. The van der Waals surface area contributed by atoms with E-state index in [9.17, 15) is 22.8 Å². The van der Waals surface area contributed by atoms with Crippen molar-refractivity contribution in [2.45, 2.75) is 26.2 Å². The van der Waals surface area contributed by atoms with Gasteiger partial charge in [0.05, 0.1) is 11.6 Å². The topological polar surface area (TPSA) is 55.4 Å². The van der Waals surface area contributed by atoms with Crippen molar-refractivity contribution >= 4 is 17.6 Å². The Hall–Kier alpha value is -2.83. The lowest BCUT2D eigenvalue weighted by molar-refractivity contribution is -0.150. The summed E-state index contributed by atoms with van der Waals surface area (Å²) in [4.78, 5) is 24.4. The van der Waals surface area contributed by atoms with Crippen LogP contribution in [0.2, 0.25) is 0 Å². The summed E-state index contributed by atoms with van der Waals surface area (Å²) >= 11 is 0. The van der Waals surface area contributed by atoms with Crippen LogP contribution < -0.4 is 5.32 Å². The molecule has 2 aromatic rings. The van der Waals surface area contributed by atoms with Crippen LogP contribution in [-0.4, -0.2) is 18.5 Å². The van der Waals surface area contributed by atoms with Crippen molar-refractivity contribution in [3.63, 3.8) is 0 Å². The van der Waals surface area contributed by atoms with Gasteiger partial charge in [0.15, 0.2) is 24.1 Å². The molecule has 0 heterocycles. The number of ether oxygens (including phenoxy) is 1. The number of hydrogen-bond donors (Lipinski definition) is 1. The molecule has 0 aromatic heterocycles. The molecule has 0 saturated heterocycles. The van der Waals surface area contributed by atoms with E-state index in [4.69, 9.17) is 4.74 Å². The number of hydrogen-bond acceptors (Lipinski definition) is 3. The Morgan fingerprint density at radius 3 is 2.33 bits per heavy atom. The maximum Gasteiger partial charge on any atom is 0.314 e. The zero-order valence-corrected chi connectivity index (χ0v) is 15.0. The molecule has 27 heavy (non-hydrogen) atoms. The van der Waals surface area contributed by atoms with Crippen LogP contribution >= 0.6 is 0 Å². The van der Waals surface area contributed by atoms with E-state index in [2.05, 4.69) is 5.32 Å². The van der Waals surface area contributed by atoms with Crippen LogP contribution in [0.3, 0.4) is 0 Å². The summed E-state index contributed by atoms with van der Waals surface area (Å²) in [5.74, 6) is -6.59. The van der Waals surface area contributed by atoms with Gasteiger partial charge in [0.2, 0.25) is 0 Å². The molecule has 0 spiro atoms. The van der Waals surface area contributed by atoms with Crippen LogP contribution in [0, 0.1) is 23.4 Å². The number of benzene rings is 2. The third kappa shape index (κ3) is 5.09. The fourth-order valence-corrected chi connectivity index (χ4v) is 2.63. The van der Waals surface area contributed by atoms with Crippen molar-refractivity contribution in [2.75, 3.05) is 11.9 Å². The minimum atomic E-state index is -1.69. The predicted octanol–water partition coefficient (Wildman–Crippen LogP) is 4.42. The number of esters is 1. The van der Waals surface area contributed by atoms with E-state index >= 15 is 0 Å². The van der Waals surface area contributed by atoms with Crippen LogP contribution in [0.15, 0.2) is 42.5 Å². The van der Waals surface area contributed by atoms with Gasteiger partial charge in [-0.1, -0.05) is 50.6 Å². The van der Waals surface area contributed by atoms with Gasteiger partial charge < -0.3 is 10.1 Å². The first-order chi connectivity index (χ1) is 12.8. The molecule has 0 fully saturated rings. The Balaban J connectivity index is 2.02. The van der Waals surface area contributed by atoms with Gasteiger partial charge in [-0.2, -0.15) is 0 Å². The molecular formula is C20H20F3NO3. The van der Waals surface area contributed by atoms with E-state index in [0.29, 0.717) is 6.07 Å².